The highest BCUT2D eigenvalue weighted by Crippen LogP contribution is 2.22. The fourth-order valence-corrected chi connectivity index (χ4v) is 3.30. The summed E-state index contributed by atoms with van der Waals surface area (Å²) in [5, 5.41) is 8.41. The van der Waals surface area contributed by atoms with Gasteiger partial charge in [-0.25, -0.2) is 9.07 Å². The lowest BCUT2D eigenvalue weighted by atomic mass is 10.2. The van der Waals surface area contributed by atoms with Gasteiger partial charge in [-0.05, 0) is 39.8 Å². The molecule has 24 heavy (non-hydrogen) atoms. The Morgan fingerprint density at radius 2 is 1.96 bits per heavy atom. The van der Waals surface area contributed by atoms with Crippen LogP contribution in [0.1, 0.15) is 27.7 Å². The molecule has 0 aliphatic rings. The number of nitrogens with zero attached hydrogens (tertiary/aromatic N) is 4. The molecule has 0 aliphatic heterocycles. The Bertz CT molecular complexity index is 708. The van der Waals surface area contributed by atoms with Gasteiger partial charge in [-0.2, -0.15) is 0 Å². The van der Waals surface area contributed by atoms with Crippen molar-refractivity contribution in [1.29, 1.82) is 0 Å². The van der Waals surface area contributed by atoms with Crippen molar-refractivity contribution in [3.8, 4) is 11.4 Å². The second kappa shape index (κ2) is 7.65. The third kappa shape index (κ3) is 4.05. The summed E-state index contributed by atoms with van der Waals surface area (Å²) in [7, 11) is 0. The first kappa shape index (κ1) is 18.3. The van der Waals surface area contributed by atoms with Crippen LogP contribution < -0.4 is 5.84 Å². The van der Waals surface area contributed by atoms with E-state index in [1.807, 2.05) is 32.6 Å². The second-order valence-corrected chi connectivity index (χ2v) is 6.91. The molecule has 0 spiro atoms. The third-order valence-corrected chi connectivity index (χ3v) is 4.40. The van der Waals surface area contributed by atoms with Gasteiger partial charge in [0.25, 0.3) is 0 Å². The van der Waals surface area contributed by atoms with Crippen LogP contribution in [0.2, 0.25) is 0 Å². The molecule has 0 saturated heterocycles. The number of hydrogen-bond acceptors (Lipinski definition) is 5. The van der Waals surface area contributed by atoms with Crippen molar-refractivity contribution in [2.45, 2.75) is 44.9 Å². The molecule has 0 unspecified atom stereocenters. The zero-order valence-corrected chi connectivity index (χ0v) is 15.0. The van der Waals surface area contributed by atoms with Gasteiger partial charge >= 0.3 is 0 Å². The van der Waals surface area contributed by atoms with Crippen LogP contribution >= 0.6 is 11.8 Å². The van der Waals surface area contributed by atoms with E-state index in [2.05, 4.69) is 10.2 Å². The summed E-state index contributed by atoms with van der Waals surface area (Å²) in [6.45, 7) is 7.93. The average molecular weight is 351 g/mol. The van der Waals surface area contributed by atoms with Crippen LogP contribution in [0.25, 0.3) is 11.4 Å². The van der Waals surface area contributed by atoms with E-state index in [-0.39, 0.29) is 29.6 Å². The van der Waals surface area contributed by atoms with E-state index in [0.717, 1.165) is 0 Å². The van der Waals surface area contributed by atoms with Gasteiger partial charge < -0.3 is 10.7 Å². The van der Waals surface area contributed by atoms with Gasteiger partial charge in [0.05, 0.1) is 5.75 Å². The number of halogens is 1. The minimum atomic E-state index is -0.371. The summed E-state index contributed by atoms with van der Waals surface area (Å²) in [4.78, 5) is 14.2. The maximum Gasteiger partial charge on any atom is 0.233 e. The molecule has 0 radical (unpaired) electrons. The molecule has 2 N–H and O–H groups in total. The number of carbonyl (C=O) groups is 1. The molecule has 0 aliphatic carbocycles. The maximum absolute atomic E-state index is 13.3. The molecule has 0 bridgehead atoms. The molecule has 2 rings (SSSR count). The molecule has 1 amide bonds. The molecule has 6 nitrogen and oxygen atoms in total. The van der Waals surface area contributed by atoms with E-state index in [4.69, 9.17) is 5.84 Å². The standard InChI is InChI=1S/C16H22FN5OS/c1-10(2)21(11(3)4)14(23)9-24-16-20-19-15(22(16)18)12-6-5-7-13(17)8-12/h5-8,10-11H,9,18H2,1-4H3. The van der Waals surface area contributed by atoms with Crippen molar-refractivity contribution in [1.82, 2.24) is 19.8 Å². The Morgan fingerprint density at radius 1 is 1.29 bits per heavy atom. The molecular formula is C16H22FN5OS. The average Bonchev–Trinajstić information content (AvgIpc) is 2.85. The summed E-state index contributed by atoms with van der Waals surface area (Å²) in [6.07, 6.45) is 0. The van der Waals surface area contributed by atoms with Gasteiger partial charge in [0.15, 0.2) is 5.82 Å². The van der Waals surface area contributed by atoms with Crippen LogP contribution in [-0.4, -0.2) is 43.5 Å². The van der Waals surface area contributed by atoms with Crippen molar-refractivity contribution in [3.63, 3.8) is 0 Å². The second-order valence-electron chi connectivity index (χ2n) is 5.96. The van der Waals surface area contributed by atoms with Gasteiger partial charge in [-0.15, -0.1) is 10.2 Å². The van der Waals surface area contributed by atoms with E-state index in [1.54, 1.807) is 12.1 Å². The van der Waals surface area contributed by atoms with Crippen LogP contribution in [0.5, 0.6) is 0 Å². The van der Waals surface area contributed by atoms with Crippen molar-refractivity contribution < 1.29 is 9.18 Å². The Morgan fingerprint density at radius 3 is 2.54 bits per heavy atom. The summed E-state index contributed by atoms with van der Waals surface area (Å²) in [5.41, 5.74) is 0.536. The lowest BCUT2D eigenvalue weighted by molar-refractivity contribution is -0.131. The van der Waals surface area contributed by atoms with Crippen molar-refractivity contribution in [2.75, 3.05) is 11.6 Å². The molecule has 0 fully saturated rings. The van der Waals surface area contributed by atoms with Crippen LogP contribution in [0, 0.1) is 5.82 Å². The van der Waals surface area contributed by atoms with E-state index < -0.39 is 0 Å². The third-order valence-electron chi connectivity index (χ3n) is 3.47. The molecule has 0 atom stereocenters. The number of nitrogen functional groups attached to an aromatic ring is 1. The molecule has 0 saturated carbocycles. The SMILES string of the molecule is CC(C)N(C(=O)CSc1nnc(-c2cccc(F)c2)n1N)C(C)C. The number of carbonyl (C=O) groups excluding carboxylic acids is 1. The van der Waals surface area contributed by atoms with Gasteiger partial charge in [-0.1, -0.05) is 23.9 Å². The van der Waals surface area contributed by atoms with E-state index in [1.165, 1.54) is 28.6 Å². The normalized spacial score (nSPS) is 11.3. The summed E-state index contributed by atoms with van der Waals surface area (Å²) in [5.74, 6) is 6.21. The predicted molar refractivity (Wildman–Crippen MR) is 93.4 cm³/mol. The number of thioether (sulfide) groups is 1. The fourth-order valence-electron chi connectivity index (χ4n) is 2.57. The zero-order chi connectivity index (χ0) is 17.9. The van der Waals surface area contributed by atoms with E-state index >= 15 is 0 Å². The molecule has 1 heterocycles. The Kier molecular flexibility index (Phi) is 5.82. The van der Waals surface area contributed by atoms with Crippen LogP contribution in [0.4, 0.5) is 4.39 Å². The maximum atomic E-state index is 13.3. The molecular weight excluding hydrogens is 329 g/mol. The quantitative estimate of drug-likeness (QED) is 0.639. The Hall–Kier alpha value is -2.09. The number of hydrogen-bond donors (Lipinski definition) is 1. The number of nitrogens with two attached hydrogens (primary N) is 1. The fraction of sp³-hybridized carbons (Fsp3) is 0.438. The molecule has 2 aromatic rings. The summed E-state index contributed by atoms with van der Waals surface area (Å²) >= 11 is 1.22. The molecule has 8 heteroatoms. The molecule has 1 aromatic heterocycles. The minimum Gasteiger partial charge on any atom is -0.337 e. The van der Waals surface area contributed by atoms with Gasteiger partial charge in [0, 0.05) is 17.6 Å². The smallest absolute Gasteiger partial charge is 0.233 e. The first-order valence-electron chi connectivity index (χ1n) is 7.71. The topological polar surface area (TPSA) is 77.0 Å². The number of benzene rings is 1. The Balaban J connectivity index is 2.11. The number of rotatable bonds is 6. The largest absolute Gasteiger partial charge is 0.337 e. The Labute approximate surface area is 145 Å². The highest BCUT2D eigenvalue weighted by Gasteiger charge is 2.21. The van der Waals surface area contributed by atoms with Crippen LogP contribution in [-0.2, 0) is 4.79 Å². The highest BCUT2D eigenvalue weighted by molar-refractivity contribution is 7.99. The van der Waals surface area contributed by atoms with Crippen LogP contribution in [0.3, 0.4) is 0 Å². The monoisotopic (exact) mass is 351 g/mol. The first-order chi connectivity index (χ1) is 11.3. The number of aromatic nitrogens is 3. The van der Waals surface area contributed by atoms with Gasteiger partial charge in [-0.3, -0.25) is 4.79 Å². The molecule has 130 valence electrons. The molecule has 1 aromatic carbocycles. The highest BCUT2D eigenvalue weighted by atomic mass is 32.2. The number of amides is 1. The van der Waals surface area contributed by atoms with E-state index in [0.29, 0.717) is 16.5 Å². The lowest BCUT2D eigenvalue weighted by Gasteiger charge is -2.30. The van der Waals surface area contributed by atoms with E-state index in [9.17, 15) is 9.18 Å². The lowest BCUT2D eigenvalue weighted by Crippen LogP contribution is -2.43. The van der Waals surface area contributed by atoms with Crippen LogP contribution in [0.15, 0.2) is 29.4 Å². The van der Waals surface area contributed by atoms with Crippen molar-refractivity contribution in [3.05, 3.63) is 30.1 Å². The van der Waals surface area contributed by atoms with Gasteiger partial charge in [0.1, 0.15) is 5.82 Å². The summed E-state index contributed by atoms with van der Waals surface area (Å²) in [6, 6.07) is 6.22. The van der Waals surface area contributed by atoms with Gasteiger partial charge in [0.2, 0.25) is 11.1 Å². The zero-order valence-electron chi connectivity index (χ0n) is 14.2. The van der Waals surface area contributed by atoms with Crippen molar-refractivity contribution in [2.24, 2.45) is 0 Å². The summed E-state index contributed by atoms with van der Waals surface area (Å²) < 4.78 is 14.6. The van der Waals surface area contributed by atoms with Crippen molar-refractivity contribution >= 4 is 17.7 Å². The minimum absolute atomic E-state index is 0.0142. The predicted octanol–water partition coefficient (Wildman–Crippen LogP) is 2.54. The first-order valence-corrected chi connectivity index (χ1v) is 8.70.